The molecule has 2 aromatic heterocycles. The van der Waals surface area contributed by atoms with Gasteiger partial charge in [0.15, 0.2) is 0 Å². The van der Waals surface area contributed by atoms with Crippen LogP contribution in [0.5, 0.6) is 0 Å². The Morgan fingerprint density at radius 2 is 1.90 bits per heavy atom. The molecule has 0 aliphatic heterocycles. The highest BCUT2D eigenvalue weighted by Gasteiger charge is 2.33. The van der Waals surface area contributed by atoms with Gasteiger partial charge in [-0.05, 0) is 30.3 Å². The number of hydrogen-bond acceptors (Lipinski definition) is 6. The molecular formula is C18H13ClF3N5O2. The van der Waals surface area contributed by atoms with Crippen LogP contribution in [0.25, 0.3) is 11.4 Å². The number of carbonyl (C=O) groups is 1. The van der Waals surface area contributed by atoms with E-state index in [2.05, 4.69) is 25.6 Å². The molecule has 0 spiro atoms. The van der Waals surface area contributed by atoms with Crippen LogP contribution in [-0.2, 0) is 11.0 Å². The molecule has 150 valence electrons. The van der Waals surface area contributed by atoms with Crippen LogP contribution < -0.4 is 10.6 Å². The summed E-state index contributed by atoms with van der Waals surface area (Å²) in [6.45, 7) is -0.440. The summed E-state index contributed by atoms with van der Waals surface area (Å²) in [7, 11) is 0. The first kappa shape index (κ1) is 20.3. The Kier molecular flexibility index (Phi) is 5.83. The van der Waals surface area contributed by atoms with Gasteiger partial charge in [0.2, 0.25) is 5.95 Å². The smallest absolute Gasteiger partial charge is 0.417 e. The number of aromatic nitrogens is 3. The Morgan fingerprint density at radius 1 is 1.10 bits per heavy atom. The average molecular weight is 424 g/mol. The van der Waals surface area contributed by atoms with Gasteiger partial charge in [-0.25, -0.2) is 4.98 Å². The van der Waals surface area contributed by atoms with Crippen LogP contribution in [0.2, 0.25) is 5.02 Å². The predicted octanol–water partition coefficient (Wildman–Crippen LogP) is 4.45. The van der Waals surface area contributed by atoms with Crippen molar-refractivity contribution < 1.29 is 23.1 Å². The number of alkyl halides is 3. The number of hydrogen-bond donors (Lipinski definition) is 3. The van der Waals surface area contributed by atoms with Crippen LogP contribution in [0.3, 0.4) is 0 Å². The zero-order valence-electron chi connectivity index (χ0n) is 14.5. The van der Waals surface area contributed by atoms with Crippen LogP contribution in [-0.4, -0.2) is 32.6 Å². The highest BCUT2D eigenvalue weighted by Crippen LogP contribution is 2.36. The molecule has 11 heteroatoms. The van der Waals surface area contributed by atoms with E-state index >= 15 is 0 Å². The number of carboxylic acid groups (broad SMARTS) is 1. The monoisotopic (exact) mass is 423 g/mol. The minimum Gasteiger partial charge on any atom is -0.480 e. The quantitative estimate of drug-likeness (QED) is 0.538. The van der Waals surface area contributed by atoms with Gasteiger partial charge in [-0.1, -0.05) is 17.7 Å². The highest BCUT2D eigenvalue weighted by molar-refractivity contribution is 6.31. The molecule has 0 amide bonds. The van der Waals surface area contributed by atoms with Gasteiger partial charge in [-0.3, -0.25) is 9.78 Å². The van der Waals surface area contributed by atoms with Crippen LogP contribution in [0.1, 0.15) is 5.56 Å². The van der Waals surface area contributed by atoms with Crippen LogP contribution in [0, 0.1) is 0 Å². The van der Waals surface area contributed by atoms with Gasteiger partial charge in [0.1, 0.15) is 12.4 Å². The van der Waals surface area contributed by atoms with Gasteiger partial charge < -0.3 is 15.7 Å². The van der Waals surface area contributed by atoms with Gasteiger partial charge in [0.05, 0.1) is 22.0 Å². The first-order chi connectivity index (χ1) is 13.7. The van der Waals surface area contributed by atoms with E-state index in [9.17, 15) is 18.0 Å². The maximum atomic E-state index is 13.1. The maximum absolute atomic E-state index is 13.1. The van der Waals surface area contributed by atoms with E-state index in [1.165, 1.54) is 12.1 Å². The normalized spacial score (nSPS) is 11.2. The molecule has 3 aromatic rings. The Morgan fingerprint density at radius 3 is 2.55 bits per heavy atom. The average Bonchev–Trinajstić information content (AvgIpc) is 2.67. The number of benzene rings is 1. The zero-order chi connectivity index (χ0) is 21.0. The molecular weight excluding hydrogens is 411 g/mol. The summed E-state index contributed by atoms with van der Waals surface area (Å²) >= 11 is 5.64. The van der Waals surface area contributed by atoms with E-state index in [0.29, 0.717) is 11.4 Å². The lowest BCUT2D eigenvalue weighted by atomic mass is 10.2. The predicted molar refractivity (Wildman–Crippen MR) is 101 cm³/mol. The first-order valence-electron chi connectivity index (χ1n) is 8.12. The Hall–Kier alpha value is -3.40. The van der Waals surface area contributed by atoms with Crippen LogP contribution >= 0.6 is 11.6 Å². The minimum atomic E-state index is -4.62. The van der Waals surface area contributed by atoms with Crippen LogP contribution in [0.15, 0.2) is 48.7 Å². The van der Waals surface area contributed by atoms with E-state index in [0.717, 1.165) is 12.1 Å². The van der Waals surface area contributed by atoms with E-state index < -0.39 is 29.3 Å². The van der Waals surface area contributed by atoms with Crippen molar-refractivity contribution in [2.24, 2.45) is 0 Å². The summed E-state index contributed by atoms with van der Waals surface area (Å²) < 4.78 is 39.2. The summed E-state index contributed by atoms with van der Waals surface area (Å²) in [4.78, 5) is 23.3. The molecule has 3 N–H and O–H groups in total. The minimum absolute atomic E-state index is 0.0249. The largest absolute Gasteiger partial charge is 0.480 e. The number of nitrogens with zero attached hydrogens (tertiary/aromatic N) is 3. The van der Waals surface area contributed by atoms with Crippen LogP contribution in [0.4, 0.5) is 30.6 Å². The third-order valence-corrected chi connectivity index (χ3v) is 3.92. The fourth-order valence-corrected chi connectivity index (χ4v) is 2.58. The fraction of sp³-hybridized carbons (Fsp3) is 0.111. The summed E-state index contributed by atoms with van der Waals surface area (Å²) in [5.74, 6) is -1.01. The molecule has 0 bridgehead atoms. The van der Waals surface area contributed by atoms with E-state index in [1.807, 2.05) is 0 Å². The van der Waals surface area contributed by atoms with E-state index in [-0.39, 0.29) is 17.5 Å². The third kappa shape index (κ3) is 5.32. The molecule has 0 radical (unpaired) electrons. The summed E-state index contributed by atoms with van der Waals surface area (Å²) in [6, 6.07) is 9.95. The number of rotatable bonds is 6. The molecule has 0 aliphatic carbocycles. The van der Waals surface area contributed by atoms with Crippen molar-refractivity contribution in [2.45, 2.75) is 6.18 Å². The Balaban J connectivity index is 1.98. The lowest BCUT2D eigenvalue weighted by Crippen LogP contribution is -2.15. The number of halogens is 4. The maximum Gasteiger partial charge on any atom is 0.417 e. The number of anilines is 3. The Bertz CT molecular complexity index is 1030. The molecule has 0 saturated carbocycles. The molecule has 1 aromatic carbocycles. The SMILES string of the molecule is O=C(O)CNc1nc(Nc2ccc(Cl)c(C(F)(F)F)c2)cc(-c2ccccn2)n1. The molecule has 29 heavy (non-hydrogen) atoms. The number of pyridine rings is 1. The van der Waals surface area contributed by atoms with Gasteiger partial charge in [-0.15, -0.1) is 0 Å². The van der Waals surface area contributed by atoms with Crippen molar-refractivity contribution in [1.82, 2.24) is 15.0 Å². The molecule has 0 saturated heterocycles. The lowest BCUT2D eigenvalue weighted by molar-refractivity contribution is -0.137. The molecule has 3 rings (SSSR count). The number of nitrogens with one attached hydrogen (secondary N) is 2. The molecule has 0 aliphatic rings. The van der Waals surface area contributed by atoms with Crippen molar-refractivity contribution in [3.05, 3.63) is 59.2 Å². The second-order valence-corrected chi connectivity index (χ2v) is 6.15. The highest BCUT2D eigenvalue weighted by atomic mass is 35.5. The van der Waals surface area contributed by atoms with Crippen molar-refractivity contribution in [3.63, 3.8) is 0 Å². The van der Waals surface area contributed by atoms with Gasteiger partial charge in [0.25, 0.3) is 0 Å². The second kappa shape index (κ2) is 8.31. The van der Waals surface area contributed by atoms with Gasteiger partial charge in [0, 0.05) is 18.0 Å². The molecule has 2 heterocycles. The lowest BCUT2D eigenvalue weighted by Gasteiger charge is -2.13. The van der Waals surface area contributed by atoms with Crippen molar-refractivity contribution in [2.75, 3.05) is 17.2 Å². The standard InChI is InChI=1S/C18H13ClF3N5O2/c19-12-5-4-10(7-11(12)18(20,21)22)25-15-8-14(13-3-1-2-6-23-13)26-17(27-15)24-9-16(28)29/h1-8H,9H2,(H,28,29)(H2,24,25,26,27). The van der Waals surface area contributed by atoms with Gasteiger partial charge >= 0.3 is 12.1 Å². The summed E-state index contributed by atoms with van der Waals surface area (Å²) in [5, 5.41) is 13.7. The topological polar surface area (TPSA) is 100 Å². The van der Waals surface area contributed by atoms with E-state index in [4.69, 9.17) is 16.7 Å². The second-order valence-electron chi connectivity index (χ2n) is 5.74. The van der Waals surface area contributed by atoms with Crippen molar-refractivity contribution >= 4 is 35.0 Å². The molecule has 0 fully saturated rings. The number of aliphatic carboxylic acids is 1. The van der Waals surface area contributed by atoms with Crippen molar-refractivity contribution in [3.8, 4) is 11.4 Å². The third-order valence-electron chi connectivity index (χ3n) is 3.60. The molecule has 7 nitrogen and oxygen atoms in total. The number of carboxylic acids is 1. The fourth-order valence-electron chi connectivity index (χ4n) is 2.36. The molecule has 0 unspecified atom stereocenters. The molecule has 0 atom stereocenters. The van der Waals surface area contributed by atoms with Gasteiger partial charge in [-0.2, -0.15) is 18.2 Å². The Labute approximate surface area is 167 Å². The van der Waals surface area contributed by atoms with Crippen molar-refractivity contribution in [1.29, 1.82) is 0 Å². The summed E-state index contributed by atoms with van der Waals surface area (Å²) in [6.07, 6.45) is -3.07. The zero-order valence-corrected chi connectivity index (χ0v) is 15.3. The summed E-state index contributed by atoms with van der Waals surface area (Å²) in [5.41, 5.74) is -0.0756. The van der Waals surface area contributed by atoms with E-state index in [1.54, 1.807) is 24.4 Å². The first-order valence-corrected chi connectivity index (χ1v) is 8.50.